The van der Waals surface area contributed by atoms with Crippen LogP contribution in [0.25, 0.3) is 0 Å². The maximum absolute atomic E-state index is 12.5. The van der Waals surface area contributed by atoms with E-state index in [0.717, 1.165) is 49.7 Å². The van der Waals surface area contributed by atoms with Crippen LogP contribution >= 0.6 is 11.3 Å². The fourth-order valence-electron chi connectivity index (χ4n) is 3.00. The maximum atomic E-state index is 12.5. The summed E-state index contributed by atoms with van der Waals surface area (Å²) in [5.74, 6) is 1.02. The predicted molar refractivity (Wildman–Crippen MR) is 80.2 cm³/mol. The minimum absolute atomic E-state index is 0.250. The normalized spacial score (nSPS) is 20.5. The van der Waals surface area contributed by atoms with E-state index in [1.165, 1.54) is 17.0 Å². The molecule has 0 saturated carbocycles. The van der Waals surface area contributed by atoms with Crippen molar-refractivity contribution in [3.05, 3.63) is 16.5 Å². The summed E-state index contributed by atoms with van der Waals surface area (Å²) >= 11 is 1.68. The molecule has 104 valence electrons. The monoisotopic (exact) mass is 278 g/mol. The standard InChI is InChI=1S/C15H22N2OS/c1-11-5-8-17(9-6-11)14(18)13-10-12-4-3-7-16(2)15(12)19-13/h10-11H,3-9H2,1-2H3. The molecule has 1 aromatic rings. The summed E-state index contributed by atoms with van der Waals surface area (Å²) in [5, 5.41) is 1.31. The Kier molecular flexibility index (Phi) is 3.52. The number of aryl methyl sites for hydroxylation is 1. The van der Waals surface area contributed by atoms with Gasteiger partial charge in [0, 0.05) is 26.7 Å². The SMILES string of the molecule is CC1CCN(C(=O)c2cc3c(s2)N(C)CCC3)CC1. The van der Waals surface area contributed by atoms with Crippen LogP contribution in [0.3, 0.4) is 0 Å². The number of hydrogen-bond donors (Lipinski definition) is 0. The summed E-state index contributed by atoms with van der Waals surface area (Å²) < 4.78 is 0. The summed E-state index contributed by atoms with van der Waals surface area (Å²) in [6.45, 7) is 5.25. The Morgan fingerprint density at radius 2 is 2.05 bits per heavy atom. The van der Waals surface area contributed by atoms with Crippen molar-refractivity contribution in [2.45, 2.75) is 32.6 Å². The lowest BCUT2D eigenvalue weighted by Gasteiger charge is -2.29. The lowest BCUT2D eigenvalue weighted by molar-refractivity contribution is 0.0702. The molecule has 0 radical (unpaired) electrons. The van der Waals surface area contributed by atoms with Crippen LogP contribution in [0.4, 0.5) is 5.00 Å². The zero-order valence-corrected chi connectivity index (χ0v) is 12.6. The van der Waals surface area contributed by atoms with Crippen LogP contribution in [0, 0.1) is 5.92 Å². The van der Waals surface area contributed by atoms with Gasteiger partial charge in [0.15, 0.2) is 0 Å². The Hall–Kier alpha value is -1.03. The Morgan fingerprint density at radius 1 is 1.32 bits per heavy atom. The number of likely N-dealkylation sites (tertiary alicyclic amines) is 1. The van der Waals surface area contributed by atoms with E-state index in [-0.39, 0.29) is 5.91 Å². The third-order valence-corrected chi connectivity index (χ3v) is 5.63. The number of carbonyl (C=O) groups is 1. The molecule has 4 heteroatoms. The molecule has 3 rings (SSSR count). The number of carbonyl (C=O) groups excluding carboxylic acids is 1. The molecule has 0 atom stereocenters. The smallest absolute Gasteiger partial charge is 0.264 e. The van der Waals surface area contributed by atoms with E-state index in [1.807, 2.05) is 4.90 Å². The highest BCUT2D eigenvalue weighted by atomic mass is 32.1. The Bertz CT molecular complexity index is 474. The highest BCUT2D eigenvalue weighted by molar-refractivity contribution is 7.18. The first kappa shape index (κ1) is 13.0. The molecule has 1 aromatic heterocycles. The van der Waals surface area contributed by atoms with Gasteiger partial charge >= 0.3 is 0 Å². The molecule has 1 amide bonds. The van der Waals surface area contributed by atoms with Gasteiger partial charge in [0.05, 0.1) is 9.88 Å². The fraction of sp³-hybridized carbons (Fsp3) is 0.667. The molecular formula is C15H22N2OS. The molecule has 1 saturated heterocycles. The second-order valence-corrected chi connectivity index (χ2v) is 6.97. The van der Waals surface area contributed by atoms with Crippen LogP contribution in [0.2, 0.25) is 0 Å². The van der Waals surface area contributed by atoms with E-state index in [4.69, 9.17) is 0 Å². The number of fused-ring (bicyclic) bond motifs is 1. The topological polar surface area (TPSA) is 23.6 Å². The van der Waals surface area contributed by atoms with Crippen LogP contribution < -0.4 is 4.90 Å². The van der Waals surface area contributed by atoms with Crippen LogP contribution in [-0.2, 0) is 6.42 Å². The van der Waals surface area contributed by atoms with Crippen molar-refractivity contribution in [3.63, 3.8) is 0 Å². The quantitative estimate of drug-likeness (QED) is 0.788. The summed E-state index contributed by atoms with van der Waals surface area (Å²) in [7, 11) is 2.13. The molecule has 3 nitrogen and oxygen atoms in total. The predicted octanol–water partition coefficient (Wildman–Crippen LogP) is 3.00. The first-order valence-electron chi connectivity index (χ1n) is 7.28. The molecular weight excluding hydrogens is 256 g/mol. The zero-order valence-electron chi connectivity index (χ0n) is 11.8. The number of anilines is 1. The summed E-state index contributed by atoms with van der Waals surface area (Å²) in [6.07, 6.45) is 4.63. The minimum atomic E-state index is 0.250. The average Bonchev–Trinajstić information content (AvgIpc) is 2.84. The van der Waals surface area contributed by atoms with Gasteiger partial charge in [-0.05, 0) is 43.2 Å². The van der Waals surface area contributed by atoms with Crippen molar-refractivity contribution in [2.24, 2.45) is 5.92 Å². The molecule has 0 N–H and O–H groups in total. The Morgan fingerprint density at radius 3 is 2.74 bits per heavy atom. The zero-order chi connectivity index (χ0) is 13.4. The highest BCUT2D eigenvalue weighted by Crippen LogP contribution is 2.35. The van der Waals surface area contributed by atoms with Crippen LogP contribution in [0.1, 0.15) is 41.4 Å². The van der Waals surface area contributed by atoms with Crippen LogP contribution in [0.15, 0.2) is 6.07 Å². The largest absolute Gasteiger partial charge is 0.366 e. The van der Waals surface area contributed by atoms with Crippen molar-refractivity contribution in [2.75, 3.05) is 31.6 Å². The molecule has 0 aliphatic carbocycles. The number of rotatable bonds is 1. The van der Waals surface area contributed by atoms with E-state index >= 15 is 0 Å². The first-order valence-corrected chi connectivity index (χ1v) is 8.10. The Labute approximate surface area is 119 Å². The number of nitrogens with zero attached hydrogens (tertiary/aromatic N) is 2. The van der Waals surface area contributed by atoms with Gasteiger partial charge in [-0.25, -0.2) is 0 Å². The third kappa shape index (κ3) is 2.50. The van der Waals surface area contributed by atoms with Crippen LogP contribution in [-0.4, -0.2) is 37.5 Å². The Balaban J connectivity index is 1.77. The average molecular weight is 278 g/mol. The van der Waals surface area contributed by atoms with Gasteiger partial charge in [0.25, 0.3) is 5.91 Å². The fourth-order valence-corrected chi connectivity index (χ4v) is 4.17. The van der Waals surface area contributed by atoms with Gasteiger partial charge in [-0.1, -0.05) is 6.92 Å². The summed E-state index contributed by atoms with van der Waals surface area (Å²) in [6, 6.07) is 2.13. The highest BCUT2D eigenvalue weighted by Gasteiger charge is 2.25. The molecule has 19 heavy (non-hydrogen) atoms. The van der Waals surface area contributed by atoms with Crippen molar-refractivity contribution < 1.29 is 4.79 Å². The molecule has 0 unspecified atom stereocenters. The van der Waals surface area contributed by atoms with Crippen molar-refractivity contribution in [1.82, 2.24) is 4.90 Å². The van der Waals surface area contributed by atoms with Crippen molar-refractivity contribution in [1.29, 1.82) is 0 Å². The van der Waals surface area contributed by atoms with E-state index in [0.29, 0.717) is 0 Å². The van der Waals surface area contributed by atoms with Gasteiger partial charge in [-0.2, -0.15) is 0 Å². The maximum Gasteiger partial charge on any atom is 0.264 e. The van der Waals surface area contributed by atoms with E-state index in [1.54, 1.807) is 11.3 Å². The first-order chi connectivity index (χ1) is 9.15. The lowest BCUT2D eigenvalue weighted by Crippen LogP contribution is -2.37. The molecule has 2 aliphatic rings. The lowest BCUT2D eigenvalue weighted by atomic mass is 9.99. The van der Waals surface area contributed by atoms with E-state index in [9.17, 15) is 4.79 Å². The van der Waals surface area contributed by atoms with Gasteiger partial charge < -0.3 is 9.80 Å². The number of thiophene rings is 1. The molecule has 0 spiro atoms. The van der Waals surface area contributed by atoms with E-state index < -0.39 is 0 Å². The van der Waals surface area contributed by atoms with Gasteiger partial charge in [0.1, 0.15) is 0 Å². The second-order valence-electron chi connectivity index (χ2n) is 5.94. The van der Waals surface area contributed by atoms with E-state index in [2.05, 4.69) is 24.9 Å². The molecule has 0 aromatic carbocycles. The van der Waals surface area contributed by atoms with Gasteiger partial charge in [0.2, 0.25) is 0 Å². The molecule has 2 aliphatic heterocycles. The second kappa shape index (κ2) is 5.16. The van der Waals surface area contributed by atoms with Crippen molar-refractivity contribution in [3.8, 4) is 0 Å². The van der Waals surface area contributed by atoms with Gasteiger partial charge in [-0.3, -0.25) is 4.79 Å². The molecule has 3 heterocycles. The third-order valence-electron chi connectivity index (χ3n) is 4.35. The molecule has 1 fully saturated rings. The number of piperidine rings is 1. The minimum Gasteiger partial charge on any atom is -0.366 e. The van der Waals surface area contributed by atoms with Crippen LogP contribution in [0.5, 0.6) is 0 Å². The van der Waals surface area contributed by atoms with Crippen molar-refractivity contribution >= 4 is 22.2 Å². The number of hydrogen-bond acceptors (Lipinski definition) is 3. The summed E-state index contributed by atoms with van der Waals surface area (Å²) in [4.78, 5) is 17.8. The van der Waals surface area contributed by atoms with Gasteiger partial charge in [-0.15, -0.1) is 11.3 Å². The summed E-state index contributed by atoms with van der Waals surface area (Å²) in [5.41, 5.74) is 1.37. The number of amides is 1. The molecule has 0 bridgehead atoms.